The van der Waals surface area contributed by atoms with Crippen LogP contribution < -0.4 is 9.47 Å². The topological polar surface area (TPSA) is 81.2 Å². The maximum atomic E-state index is 12.9. The van der Waals surface area contributed by atoms with Gasteiger partial charge in [0.2, 0.25) is 11.8 Å². The molecule has 242 valence electrons. The number of ether oxygens (including phenoxy) is 3. The number of hydrogen-bond acceptors (Lipinski definition) is 6. The Bertz CT molecular complexity index is 1610. The molecule has 3 aromatic rings. The van der Waals surface area contributed by atoms with Crippen molar-refractivity contribution in [3.63, 3.8) is 0 Å². The lowest BCUT2D eigenvalue weighted by Gasteiger charge is -2.26. The third kappa shape index (κ3) is 9.10. The van der Waals surface area contributed by atoms with E-state index >= 15 is 0 Å². The molecule has 1 heterocycles. The highest BCUT2D eigenvalue weighted by atomic mass is 16.6. The van der Waals surface area contributed by atoms with Crippen molar-refractivity contribution < 1.29 is 23.8 Å². The van der Waals surface area contributed by atoms with Crippen molar-refractivity contribution in [2.45, 2.75) is 46.1 Å². The Balaban J connectivity index is 1.55. The molecule has 4 rings (SSSR count). The average molecular weight is 624 g/mol. The Labute approximate surface area is 273 Å². The fourth-order valence-electron chi connectivity index (χ4n) is 5.22. The fourth-order valence-corrected chi connectivity index (χ4v) is 5.22. The van der Waals surface area contributed by atoms with Gasteiger partial charge in [-0.25, -0.2) is 9.78 Å². The number of rotatable bonds is 12. The fraction of sp³-hybridized carbons (Fsp3) is 0.342. The van der Waals surface area contributed by atoms with Crippen LogP contribution in [0.5, 0.6) is 11.6 Å². The Morgan fingerprint density at radius 2 is 1.78 bits per heavy atom. The van der Waals surface area contributed by atoms with Crippen LogP contribution in [0, 0.1) is 0 Å². The van der Waals surface area contributed by atoms with Crippen LogP contribution in [-0.2, 0) is 16.0 Å². The monoisotopic (exact) mass is 623 g/mol. The molecular formula is C38H45N3O5. The van der Waals surface area contributed by atoms with E-state index in [0.717, 1.165) is 35.3 Å². The summed E-state index contributed by atoms with van der Waals surface area (Å²) < 4.78 is 17.1. The lowest BCUT2D eigenvalue weighted by Crippen LogP contribution is -2.39. The zero-order chi connectivity index (χ0) is 33.3. The lowest BCUT2D eigenvalue weighted by atomic mass is 9.88. The van der Waals surface area contributed by atoms with Gasteiger partial charge >= 0.3 is 6.09 Å². The van der Waals surface area contributed by atoms with Gasteiger partial charge in [0.25, 0.3) is 0 Å². The minimum absolute atomic E-state index is 0.159. The first kappa shape index (κ1) is 34.0. The van der Waals surface area contributed by atoms with Gasteiger partial charge in [-0.3, -0.25) is 4.79 Å². The molecule has 0 N–H and O–H groups in total. The third-order valence-electron chi connectivity index (χ3n) is 7.48. The van der Waals surface area contributed by atoms with E-state index in [1.165, 1.54) is 38.1 Å². The highest BCUT2D eigenvalue weighted by Gasteiger charge is 2.23. The summed E-state index contributed by atoms with van der Waals surface area (Å²) in [7, 11) is 5.03. The van der Waals surface area contributed by atoms with Gasteiger partial charge in [0.1, 0.15) is 18.0 Å². The summed E-state index contributed by atoms with van der Waals surface area (Å²) in [5.74, 6) is 1.11. The number of carbonyl (C=O) groups is 2. The van der Waals surface area contributed by atoms with E-state index in [4.69, 9.17) is 14.2 Å². The van der Waals surface area contributed by atoms with Crippen molar-refractivity contribution >= 4 is 29.2 Å². The molecule has 0 bridgehead atoms. The summed E-state index contributed by atoms with van der Waals surface area (Å²) in [4.78, 5) is 32.5. The molecule has 46 heavy (non-hydrogen) atoms. The molecule has 0 unspecified atom stereocenters. The number of aromatic nitrogens is 1. The van der Waals surface area contributed by atoms with Gasteiger partial charge < -0.3 is 24.0 Å². The van der Waals surface area contributed by atoms with Crippen LogP contribution in [-0.4, -0.2) is 73.3 Å². The van der Waals surface area contributed by atoms with Crippen molar-refractivity contribution in [3.8, 4) is 11.6 Å². The zero-order valence-electron chi connectivity index (χ0n) is 28.0. The van der Waals surface area contributed by atoms with Crippen molar-refractivity contribution in [1.82, 2.24) is 14.8 Å². The summed E-state index contributed by atoms with van der Waals surface area (Å²) >= 11 is 0. The second-order valence-corrected chi connectivity index (χ2v) is 12.3. The van der Waals surface area contributed by atoms with E-state index in [2.05, 4.69) is 54.4 Å². The van der Waals surface area contributed by atoms with Crippen LogP contribution >= 0.6 is 0 Å². The molecular weight excluding hydrogens is 578 g/mol. The first-order chi connectivity index (χ1) is 22.0. The molecule has 0 saturated heterocycles. The quantitative estimate of drug-likeness (QED) is 0.197. The lowest BCUT2D eigenvalue weighted by molar-refractivity contribution is -0.123. The molecule has 0 radical (unpaired) electrons. The van der Waals surface area contributed by atoms with Crippen LogP contribution in [0.15, 0.2) is 84.6 Å². The molecule has 1 aliphatic carbocycles. The predicted octanol–water partition coefficient (Wildman–Crippen LogP) is 7.31. The first-order valence-electron chi connectivity index (χ1n) is 15.6. The third-order valence-corrected chi connectivity index (χ3v) is 7.48. The normalized spacial score (nSPS) is 13.1. The molecule has 0 saturated carbocycles. The van der Waals surface area contributed by atoms with Crippen molar-refractivity contribution in [1.29, 1.82) is 0 Å². The molecule has 8 nitrogen and oxygen atoms in total. The van der Waals surface area contributed by atoms with Gasteiger partial charge in [0.15, 0.2) is 0 Å². The smallest absolute Gasteiger partial charge is 0.410 e. The molecule has 0 aliphatic heterocycles. The number of pyridine rings is 1. The molecule has 0 fully saturated rings. The zero-order valence-corrected chi connectivity index (χ0v) is 28.0. The number of fused-ring (bicyclic) bond motifs is 1. The Morgan fingerprint density at radius 3 is 2.43 bits per heavy atom. The van der Waals surface area contributed by atoms with Gasteiger partial charge in [-0.15, -0.1) is 0 Å². The van der Waals surface area contributed by atoms with Crippen LogP contribution in [0.25, 0.3) is 17.2 Å². The summed E-state index contributed by atoms with van der Waals surface area (Å²) in [5, 5.41) is 0. The second kappa shape index (κ2) is 15.4. The number of benzene rings is 2. The maximum Gasteiger partial charge on any atom is 0.410 e. The van der Waals surface area contributed by atoms with E-state index in [9.17, 15) is 9.59 Å². The Hall–Kier alpha value is -4.85. The van der Waals surface area contributed by atoms with Gasteiger partial charge in [-0.1, -0.05) is 55.5 Å². The molecule has 2 amide bonds. The summed E-state index contributed by atoms with van der Waals surface area (Å²) in [5.41, 5.74) is 7.60. The van der Waals surface area contributed by atoms with E-state index < -0.39 is 11.7 Å². The molecule has 8 heteroatoms. The first-order valence-corrected chi connectivity index (χ1v) is 15.6. The van der Waals surface area contributed by atoms with Crippen LogP contribution in [0.3, 0.4) is 0 Å². The number of carbonyl (C=O) groups excluding carboxylic acids is 2. The second-order valence-electron chi connectivity index (χ2n) is 12.3. The number of amides is 2. The molecule has 1 aromatic heterocycles. The minimum Gasteiger partial charge on any atom is -0.497 e. The van der Waals surface area contributed by atoms with E-state index in [1.807, 2.05) is 51.2 Å². The highest BCUT2D eigenvalue weighted by molar-refractivity contribution is 6.02. The Kier molecular flexibility index (Phi) is 11.4. The van der Waals surface area contributed by atoms with Gasteiger partial charge in [0.05, 0.1) is 13.7 Å². The van der Waals surface area contributed by atoms with Crippen molar-refractivity contribution in [2.24, 2.45) is 0 Å². The SMILES string of the molecule is CC/C(=C(\C1=Cc2ccccc2C1)c1ccc(OCCN(C/C=C/C(=O)N(C)C)C(=O)OC(C)(C)C)nc1)c1cccc(OC)c1. The van der Waals surface area contributed by atoms with Crippen LogP contribution in [0.1, 0.15) is 56.4 Å². The molecule has 1 aliphatic rings. The van der Waals surface area contributed by atoms with Crippen molar-refractivity contribution in [2.75, 3.05) is 40.9 Å². The Morgan fingerprint density at radius 1 is 1.00 bits per heavy atom. The number of allylic oxidation sites excluding steroid dienone is 3. The van der Waals surface area contributed by atoms with Crippen LogP contribution in [0.4, 0.5) is 4.79 Å². The van der Waals surface area contributed by atoms with E-state index in [0.29, 0.717) is 5.88 Å². The van der Waals surface area contributed by atoms with Crippen molar-refractivity contribution in [3.05, 3.63) is 107 Å². The van der Waals surface area contributed by atoms with Gasteiger partial charge in [-0.05, 0) is 85.2 Å². The summed E-state index contributed by atoms with van der Waals surface area (Å²) in [6, 6.07) is 20.6. The van der Waals surface area contributed by atoms with Gasteiger partial charge in [-0.2, -0.15) is 0 Å². The largest absolute Gasteiger partial charge is 0.497 e. The summed E-state index contributed by atoms with van der Waals surface area (Å²) in [6.45, 7) is 8.29. The molecule has 0 atom stereocenters. The van der Waals surface area contributed by atoms with Gasteiger partial charge in [0, 0.05) is 44.5 Å². The predicted molar refractivity (Wildman–Crippen MR) is 184 cm³/mol. The number of methoxy groups -OCH3 is 1. The average Bonchev–Trinajstić information content (AvgIpc) is 3.46. The van der Waals surface area contributed by atoms with Crippen LogP contribution in [0.2, 0.25) is 0 Å². The number of hydrogen-bond donors (Lipinski definition) is 0. The highest BCUT2D eigenvalue weighted by Crippen LogP contribution is 2.40. The van der Waals surface area contributed by atoms with E-state index in [-0.39, 0.29) is 25.6 Å². The maximum absolute atomic E-state index is 12.9. The molecule has 0 spiro atoms. The standard InChI is InChI=1S/C38H45N3O5/c1-8-33(29-15-11-16-32(25-29)44-7)36(31-23-27-13-9-10-14-28(27)24-31)30-18-19-34(39-26-30)45-22-21-41(37(43)46-38(2,3)4)20-12-17-35(42)40(5)6/h9-19,23,25-26H,8,20-22,24H2,1-7H3/b17-12+,36-33+. The minimum atomic E-state index is -0.652. The molecule has 2 aromatic carbocycles. The van der Waals surface area contributed by atoms with E-state index in [1.54, 1.807) is 27.3 Å². The summed E-state index contributed by atoms with van der Waals surface area (Å²) in [6.07, 6.45) is 8.40. The number of nitrogens with zero attached hydrogens (tertiary/aromatic N) is 3. The number of likely N-dealkylation sites (N-methyl/N-ethyl adjacent to an activating group) is 1.